The number of hydrogen-bond donors (Lipinski definition) is 0. The number of rotatable bonds is 3. The molecule has 1 aliphatic rings. The third kappa shape index (κ3) is 2.14. The van der Waals surface area contributed by atoms with Crippen molar-refractivity contribution in [3.05, 3.63) is 29.8 Å². The van der Waals surface area contributed by atoms with Crippen LogP contribution in [-0.4, -0.2) is 36.9 Å². The van der Waals surface area contributed by atoms with Crippen LogP contribution in [0.2, 0.25) is 0 Å². The molecular weight excluding hydrogens is 226 g/mol. The topological polar surface area (TPSA) is 29.5 Å². The Morgan fingerprint density at radius 1 is 1.56 bits per heavy atom. The second-order valence-electron chi connectivity index (χ2n) is 3.91. The van der Waals surface area contributed by atoms with Gasteiger partial charge in [-0.3, -0.25) is 4.79 Å². The van der Waals surface area contributed by atoms with Gasteiger partial charge in [0.15, 0.2) is 0 Å². The summed E-state index contributed by atoms with van der Waals surface area (Å²) in [5.74, 6) is 1.37. The number of likely N-dealkylation sites (tertiary alicyclic amines) is 1. The van der Waals surface area contributed by atoms with Gasteiger partial charge in [0.1, 0.15) is 11.6 Å². The highest BCUT2D eigenvalue weighted by atomic mass is 35.5. The molecule has 0 saturated carbocycles. The van der Waals surface area contributed by atoms with E-state index >= 15 is 0 Å². The third-order valence-corrected chi connectivity index (χ3v) is 3.14. The summed E-state index contributed by atoms with van der Waals surface area (Å²) in [6, 6.07) is 7.98. The van der Waals surface area contributed by atoms with E-state index in [1.165, 1.54) is 5.56 Å². The number of benzene rings is 1. The monoisotopic (exact) mass is 239 g/mol. The molecule has 16 heavy (non-hydrogen) atoms. The lowest BCUT2D eigenvalue weighted by atomic mass is 9.91. The molecule has 86 valence electrons. The summed E-state index contributed by atoms with van der Waals surface area (Å²) in [5.41, 5.74) is 1.22. The Labute approximate surface area is 100.0 Å². The van der Waals surface area contributed by atoms with Gasteiger partial charge in [-0.15, -0.1) is 11.6 Å². The van der Waals surface area contributed by atoms with Crippen molar-refractivity contribution in [3.63, 3.8) is 0 Å². The molecule has 0 aromatic heterocycles. The second kappa shape index (κ2) is 4.74. The lowest BCUT2D eigenvalue weighted by molar-refractivity contribution is -0.132. The summed E-state index contributed by atoms with van der Waals surface area (Å²) in [4.78, 5) is 13.0. The summed E-state index contributed by atoms with van der Waals surface area (Å²) < 4.78 is 5.17. The van der Waals surface area contributed by atoms with E-state index < -0.39 is 0 Å². The van der Waals surface area contributed by atoms with Crippen LogP contribution in [0.1, 0.15) is 11.5 Å². The molecule has 0 unspecified atom stereocenters. The summed E-state index contributed by atoms with van der Waals surface area (Å²) in [6.45, 7) is 1.53. The van der Waals surface area contributed by atoms with Crippen LogP contribution in [0, 0.1) is 0 Å². The van der Waals surface area contributed by atoms with Crippen molar-refractivity contribution < 1.29 is 9.53 Å². The molecular formula is C12H14ClNO2. The van der Waals surface area contributed by atoms with Crippen LogP contribution in [-0.2, 0) is 4.79 Å². The maximum absolute atomic E-state index is 11.3. The van der Waals surface area contributed by atoms with Crippen LogP contribution in [0.4, 0.5) is 0 Å². The number of amides is 1. The average Bonchev–Trinajstić information content (AvgIpc) is 2.27. The molecule has 0 radical (unpaired) electrons. The van der Waals surface area contributed by atoms with Crippen LogP contribution >= 0.6 is 11.6 Å². The third-order valence-electron chi connectivity index (χ3n) is 2.91. The molecule has 0 spiro atoms. The Morgan fingerprint density at radius 3 is 2.94 bits per heavy atom. The maximum Gasteiger partial charge on any atom is 0.237 e. The van der Waals surface area contributed by atoms with Crippen LogP contribution in [0.25, 0.3) is 0 Å². The largest absolute Gasteiger partial charge is 0.497 e. The van der Waals surface area contributed by atoms with E-state index in [1.54, 1.807) is 12.0 Å². The molecule has 2 rings (SSSR count). The quantitative estimate of drug-likeness (QED) is 0.754. The molecule has 1 aromatic rings. The molecule has 0 bridgehead atoms. The molecule has 1 aliphatic heterocycles. The molecule has 1 fully saturated rings. The van der Waals surface area contributed by atoms with Gasteiger partial charge in [0.05, 0.1) is 7.11 Å². The predicted octanol–water partition coefficient (Wildman–Crippen LogP) is 1.86. The van der Waals surface area contributed by atoms with Gasteiger partial charge in [-0.2, -0.15) is 0 Å². The number of halogens is 1. The van der Waals surface area contributed by atoms with Gasteiger partial charge in [0.2, 0.25) is 5.91 Å². The number of carbonyl (C=O) groups excluding carboxylic acids is 1. The number of nitrogens with zero attached hydrogens (tertiary/aromatic N) is 1. The van der Waals surface area contributed by atoms with Gasteiger partial charge < -0.3 is 9.64 Å². The van der Waals surface area contributed by atoms with E-state index in [0.717, 1.165) is 18.8 Å². The summed E-state index contributed by atoms with van der Waals surface area (Å²) in [6.07, 6.45) is 0. The molecule has 1 aromatic carbocycles. The van der Waals surface area contributed by atoms with E-state index in [1.807, 2.05) is 18.2 Å². The van der Waals surface area contributed by atoms with Gasteiger partial charge in [-0.25, -0.2) is 0 Å². The maximum atomic E-state index is 11.3. The fourth-order valence-corrected chi connectivity index (χ4v) is 2.04. The zero-order valence-corrected chi connectivity index (χ0v) is 9.91. The zero-order chi connectivity index (χ0) is 11.5. The van der Waals surface area contributed by atoms with E-state index in [0.29, 0.717) is 5.92 Å². The van der Waals surface area contributed by atoms with Crippen molar-refractivity contribution in [3.8, 4) is 5.75 Å². The standard InChI is InChI=1S/C12H14ClNO2/c1-16-11-4-2-3-9(5-11)10-7-14(8-10)12(15)6-13/h2-5,10H,6-8H2,1H3. The van der Waals surface area contributed by atoms with Crippen molar-refractivity contribution in [2.75, 3.05) is 26.1 Å². The van der Waals surface area contributed by atoms with Crippen LogP contribution in [0.5, 0.6) is 5.75 Å². The van der Waals surface area contributed by atoms with Crippen molar-refractivity contribution in [2.24, 2.45) is 0 Å². The summed E-state index contributed by atoms with van der Waals surface area (Å²) >= 11 is 5.49. The normalized spacial score (nSPS) is 15.8. The molecule has 0 N–H and O–H groups in total. The minimum absolute atomic E-state index is 0.0146. The van der Waals surface area contributed by atoms with Crippen LogP contribution in [0.15, 0.2) is 24.3 Å². The van der Waals surface area contributed by atoms with Gasteiger partial charge in [0.25, 0.3) is 0 Å². The van der Waals surface area contributed by atoms with Crippen LogP contribution < -0.4 is 4.74 Å². The van der Waals surface area contributed by atoms with E-state index in [2.05, 4.69) is 6.07 Å². The predicted molar refractivity (Wildman–Crippen MR) is 63.0 cm³/mol. The van der Waals surface area contributed by atoms with Crippen molar-refractivity contribution in [1.82, 2.24) is 4.90 Å². The first-order chi connectivity index (χ1) is 7.74. The Morgan fingerprint density at radius 2 is 2.31 bits per heavy atom. The number of hydrogen-bond acceptors (Lipinski definition) is 2. The minimum Gasteiger partial charge on any atom is -0.497 e. The fourth-order valence-electron chi connectivity index (χ4n) is 1.87. The first kappa shape index (κ1) is 11.3. The Balaban J connectivity index is 1.98. The molecule has 3 nitrogen and oxygen atoms in total. The van der Waals surface area contributed by atoms with E-state index in [4.69, 9.17) is 16.3 Å². The summed E-state index contributed by atoms with van der Waals surface area (Å²) in [7, 11) is 1.66. The number of alkyl halides is 1. The number of ether oxygens (including phenoxy) is 1. The lowest BCUT2D eigenvalue weighted by Crippen LogP contribution is -2.49. The first-order valence-corrected chi connectivity index (χ1v) is 5.75. The molecule has 1 heterocycles. The molecule has 1 amide bonds. The highest BCUT2D eigenvalue weighted by Gasteiger charge is 2.31. The SMILES string of the molecule is COc1cccc(C2CN(C(=O)CCl)C2)c1. The molecule has 0 aliphatic carbocycles. The average molecular weight is 240 g/mol. The lowest BCUT2D eigenvalue weighted by Gasteiger charge is -2.39. The Kier molecular flexibility index (Phi) is 3.34. The Bertz CT molecular complexity index is 388. The van der Waals surface area contributed by atoms with Gasteiger partial charge in [0, 0.05) is 19.0 Å². The number of carbonyl (C=O) groups is 1. The minimum atomic E-state index is 0.0146. The second-order valence-corrected chi connectivity index (χ2v) is 4.17. The highest BCUT2D eigenvalue weighted by Crippen LogP contribution is 2.29. The molecule has 4 heteroatoms. The fraction of sp³-hybridized carbons (Fsp3) is 0.417. The van der Waals surface area contributed by atoms with Crippen molar-refractivity contribution >= 4 is 17.5 Å². The van der Waals surface area contributed by atoms with Gasteiger partial charge in [-0.1, -0.05) is 12.1 Å². The summed E-state index contributed by atoms with van der Waals surface area (Å²) in [5, 5.41) is 0. The van der Waals surface area contributed by atoms with Crippen LogP contribution in [0.3, 0.4) is 0 Å². The highest BCUT2D eigenvalue weighted by molar-refractivity contribution is 6.27. The van der Waals surface area contributed by atoms with Gasteiger partial charge >= 0.3 is 0 Å². The molecule has 1 saturated heterocycles. The molecule has 0 atom stereocenters. The van der Waals surface area contributed by atoms with Crippen molar-refractivity contribution in [2.45, 2.75) is 5.92 Å². The smallest absolute Gasteiger partial charge is 0.237 e. The van der Waals surface area contributed by atoms with Gasteiger partial charge in [-0.05, 0) is 17.7 Å². The first-order valence-electron chi connectivity index (χ1n) is 5.22. The number of methoxy groups -OCH3 is 1. The van der Waals surface area contributed by atoms with Crippen molar-refractivity contribution in [1.29, 1.82) is 0 Å². The van der Waals surface area contributed by atoms with E-state index in [9.17, 15) is 4.79 Å². The Hall–Kier alpha value is -1.22. The van der Waals surface area contributed by atoms with E-state index in [-0.39, 0.29) is 11.8 Å². The zero-order valence-electron chi connectivity index (χ0n) is 9.15.